The maximum absolute atomic E-state index is 13.6. The van der Waals surface area contributed by atoms with E-state index in [1.54, 1.807) is 24.4 Å². The maximum Gasteiger partial charge on any atom is 0.230 e. The SMILES string of the molecule is COc1nc(Nc2cnc(C#N)c(OCC3CCCCC3)c2)ncc1-c1cccc(F)c1. The van der Waals surface area contributed by atoms with E-state index in [4.69, 9.17) is 9.47 Å². The fourth-order valence-corrected chi connectivity index (χ4v) is 3.83. The average molecular weight is 433 g/mol. The Kier molecular flexibility index (Phi) is 6.75. The average Bonchev–Trinajstić information content (AvgIpc) is 2.83. The number of hydrogen-bond acceptors (Lipinski definition) is 7. The molecule has 0 bridgehead atoms. The molecule has 1 fully saturated rings. The van der Waals surface area contributed by atoms with Gasteiger partial charge in [0.2, 0.25) is 11.8 Å². The van der Waals surface area contributed by atoms with Gasteiger partial charge in [0, 0.05) is 12.3 Å². The molecule has 0 radical (unpaired) electrons. The summed E-state index contributed by atoms with van der Waals surface area (Å²) < 4.78 is 24.9. The van der Waals surface area contributed by atoms with Gasteiger partial charge in [-0.25, -0.2) is 14.4 Å². The van der Waals surface area contributed by atoms with Crippen LogP contribution in [0.5, 0.6) is 11.6 Å². The van der Waals surface area contributed by atoms with Crippen LogP contribution in [0, 0.1) is 23.1 Å². The summed E-state index contributed by atoms with van der Waals surface area (Å²) in [6.45, 7) is 0.576. The molecule has 0 amide bonds. The second kappa shape index (κ2) is 10.1. The summed E-state index contributed by atoms with van der Waals surface area (Å²) in [5.41, 5.74) is 2.02. The van der Waals surface area contributed by atoms with Crippen LogP contribution >= 0.6 is 0 Å². The molecule has 0 atom stereocenters. The van der Waals surface area contributed by atoms with Gasteiger partial charge in [-0.15, -0.1) is 0 Å². The highest BCUT2D eigenvalue weighted by Crippen LogP contribution is 2.30. The second-order valence-corrected chi connectivity index (χ2v) is 7.75. The Morgan fingerprint density at radius 2 is 2.00 bits per heavy atom. The van der Waals surface area contributed by atoms with Gasteiger partial charge in [0.1, 0.15) is 11.9 Å². The fraction of sp³-hybridized carbons (Fsp3) is 0.333. The van der Waals surface area contributed by atoms with E-state index in [9.17, 15) is 9.65 Å². The first kappa shape index (κ1) is 21.5. The molecule has 3 aromatic rings. The molecule has 7 nitrogen and oxygen atoms in total. The topological polar surface area (TPSA) is 93.0 Å². The third kappa shape index (κ3) is 5.11. The number of hydrogen-bond donors (Lipinski definition) is 1. The largest absolute Gasteiger partial charge is 0.490 e. The first-order valence-electron chi connectivity index (χ1n) is 10.6. The van der Waals surface area contributed by atoms with Crippen LogP contribution in [0.2, 0.25) is 0 Å². The number of aromatic nitrogens is 3. The molecule has 1 aliphatic carbocycles. The normalized spacial score (nSPS) is 13.9. The van der Waals surface area contributed by atoms with Crippen molar-refractivity contribution in [3.8, 4) is 28.8 Å². The van der Waals surface area contributed by atoms with E-state index in [2.05, 4.69) is 26.3 Å². The molecular weight excluding hydrogens is 409 g/mol. The van der Waals surface area contributed by atoms with Gasteiger partial charge in [-0.05, 0) is 36.5 Å². The number of nitrogens with zero attached hydrogens (tertiary/aromatic N) is 4. The third-order valence-electron chi connectivity index (χ3n) is 5.50. The van der Waals surface area contributed by atoms with Crippen molar-refractivity contribution >= 4 is 11.6 Å². The second-order valence-electron chi connectivity index (χ2n) is 7.75. The molecule has 2 aromatic heterocycles. The minimum atomic E-state index is -0.351. The van der Waals surface area contributed by atoms with Crippen LogP contribution in [-0.2, 0) is 0 Å². The Morgan fingerprint density at radius 1 is 1.16 bits per heavy atom. The number of methoxy groups -OCH3 is 1. The van der Waals surface area contributed by atoms with E-state index in [1.165, 1.54) is 44.7 Å². The Bertz CT molecular complexity index is 1130. The molecule has 2 heterocycles. The zero-order valence-electron chi connectivity index (χ0n) is 17.8. The lowest BCUT2D eigenvalue weighted by Gasteiger charge is -2.22. The molecule has 0 spiro atoms. The van der Waals surface area contributed by atoms with E-state index < -0.39 is 0 Å². The molecule has 1 N–H and O–H groups in total. The molecule has 0 unspecified atom stereocenters. The van der Waals surface area contributed by atoms with Crippen molar-refractivity contribution in [2.24, 2.45) is 5.92 Å². The summed E-state index contributed by atoms with van der Waals surface area (Å²) in [6, 6.07) is 9.96. The van der Waals surface area contributed by atoms with E-state index in [1.807, 2.05) is 0 Å². The van der Waals surface area contributed by atoms with Crippen LogP contribution in [-0.4, -0.2) is 28.7 Å². The van der Waals surface area contributed by atoms with Gasteiger partial charge >= 0.3 is 0 Å². The van der Waals surface area contributed by atoms with Crippen molar-refractivity contribution in [1.82, 2.24) is 15.0 Å². The summed E-state index contributed by atoms with van der Waals surface area (Å²) in [4.78, 5) is 12.9. The number of ether oxygens (including phenoxy) is 2. The van der Waals surface area contributed by atoms with E-state index >= 15 is 0 Å². The van der Waals surface area contributed by atoms with Crippen LogP contribution in [0.15, 0.2) is 42.7 Å². The summed E-state index contributed by atoms with van der Waals surface area (Å²) in [5.74, 6) is 1.19. The third-order valence-corrected chi connectivity index (χ3v) is 5.50. The van der Waals surface area contributed by atoms with Crippen LogP contribution in [0.4, 0.5) is 16.0 Å². The molecule has 4 rings (SSSR count). The van der Waals surface area contributed by atoms with Gasteiger partial charge in [-0.1, -0.05) is 31.4 Å². The highest BCUT2D eigenvalue weighted by molar-refractivity contribution is 5.69. The lowest BCUT2D eigenvalue weighted by atomic mass is 9.90. The van der Waals surface area contributed by atoms with Gasteiger partial charge in [0.25, 0.3) is 0 Å². The maximum atomic E-state index is 13.6. The van der Waals surface area contributed by atoms with Gasteiger partial charge in [-0.2, -0.15) is 10.2 Å². The van der Waals surface area contributed by atoms with Crippen molar-refractivity contribution in [1.29, 1.82) is 5.26 Å². The molecule has 1 saturated carbocycles. The molecular formula is C24H24FN5O2. The van der Waals surface area contributed by atoms with Crippen molar-refractivity contribution in [2.75, 3.05) is 19.0 Å². The van der Waals surface area contributed by atoms with Crippen molar-refractivity contribution in [2.45, 2.75) is 32.1 Å². The predicted octanol–water partition coefficient (Wildman–Crippen LogP) is 5.26. The lowest BCUT2D eigenvalue weighted by molar-refractivity contribution is 0.208. The molecule has 1 aromatic carbocycles. The molecule has 1 aliphatic rings. The summed E-state index contributed by atoms with van der Waals surface area (Å²) >= 11 is 0. The number of halogens is 1. The highest BCUT2D eigenvalue weighted by Gasteiger charge is 2.16. The monoisotopic (exact) mass is 433 g/mol. The molecule has 0 saturated heterocycles. The molecule has 164 valence electrons. The first-order chi connectivity index (χ1) is 15.7. The number of nitrogens with one attached hydrogen (secondary N) is 1. The van der Waals surface area contributed by atoms with Crippen LogP contribution in [0.25, 0.3) is 11.1 Å². The van der Waals surface area contributed by atoms with Gasteiger partial charge in [-0.3, -0.25) is 0 Å². The summed E-state index contributed by atoms with van der Waals surface area (Å²) in [5, 5.41) is 12.5. The highest BCUT2D eigenvalue weighted by atomic mass is 19.1. The summed E-state index contributed by atoms with van der Waals surface area (Å²) in [7, 11) is 1.50. The minimum absolute atomic E-state index is 0.242. The molecule has 8 heteroatoms. The number of nitriles is 1. The number of benzene rings is 1. The van der Waals surface area contributed by atoms with Crippen LogP contribution in [0.1, 0.15) is 37.8 Å². The summed E-state index contributed by atoms with van der Waals surface area (Å²) in [6.07, 6.45) is 9.13. The smallest absolute Gasteiger partial charge is 0.230 e. The minimum Gasteiger partial charge on any atom is -0.490 e. The van der Waals surface area contributed by atoms with Crippen molar-refractivity contribution in [3.63, 3.8) is 0 Å². The van der Waals surface area contributed by atoms with Crippen molar-refractivity contribution < 1.29 is 13.9 Å². The van der Waals surface area contributed by atoms with Crippen LogP contribution in [0.3, 0.4) is 0 Å². The predicted molar refractivity (Wildman–Crippen MR) is 118 cm³/mol. The van der Waals surface area contributed by atoms with E-state index in [-0.39, 0.29) is 17.5 Å². The Balaban J connectivity index is 1.52. The Labute approximate surface area is 186 Å². The number of rotatable bonds is 7. The number of anilines is 2. The Hall–Kier alpha value is -3.73. The van der Waals surface area contributed by atoms with Gasteiger partial charge in [0.15, 0.2) is 11.4 Å². The van der Waals surface area contributed by atoms with E-state index in [0.29, 0.717) is 41.0 Å². The Morgan fingerprint density at radius 3 is 2.75 bits per heavy atom. The van der Waals surface area contributed by atoms with E-state index in [0.717, 1.165) is 12.8 Å². The molecule has 0 aliphatic heterocycles. The fourth-order valence-electron chi connectivity index (χ4n) is 3.83. The standard InChI is InChI=1S/C24H24FN5O2/c1-31-23-20(17-8-5-9-18(25)10-17)14-28-24(30-23)29-19-11-22(21(12-26)27-13-19)32-15-16-6-3-2-4-7-16/h5,8-11,13-14,16H,2-4,6-7,15H2,1H3,(H,28,29,30). The van der Waals surface area contributed by atoms with Gasteiger partial charge < -0.3 is 14.8 Å². The van der Waals surface area contributed by atoms with Gasteiger partial charge in [0.05, 0.1) is 31.2 Å². The van der Waals surface area contributed by atoms with Crippen molar-refractivity contribution in [3.05, 3.63) is 54.2 Å². The number of pyridine rings is 1. The zero-order valence-corrected chi connectivity index (χ0v) is 17.8. The van der Waals surface area contributed by atoms with Crippen LogP contribution < -0.4 is 14.8 Å². The quantitative estimate of drug-likeness (QED) is 0.543. The zero-order chi connectivity index (χ0) is 22.3. The first-order valence-corrected chi connectivity index (χ1v) is 10.6. The molecule has 32 heavy (non-hydrogen) atoms. The lowest BCUT2D eigenvalue weighted by Crippen LogP contribution is -2.16.